The van der Waals surface area contributed by atoms with E-state index in [4.69, 9.17) is 9.72 Å². The fraction of sp³-hybridized carbons (Fsp3) is 0.842. The van der Waals surface area contributed by atoms with E-state index in [1.165, 1.54) is 32.2 Å². The van der Waals surface area contributed by atoms with Crippen molar-refractivity contribution >= 4 is 11.3 Å². The Morgan fingerprint density at radius 2 is 2.08 bits per heavy atom. The number of piperidine rings is 1. The molecule has 140 valence electrons. The zero-order chi connectivity index (χ0) is 17.3. The van der Waals surface area contributed by atoms with E-state index in [0.29, 0.717) is 6.04 Å². The standard InChI is InChI=1S/C19H31N3O2S/c1-24-13-16-3-2-8-22(16)12-18-20-17(14-25-18)19(23)6-9-21(10-7-19)11-15-4-5-15/h14-16,23H,2-13H2,1H3. The molecule has 1 N–H and O–H groups in total. The van der Waals surface area contributed by atoms with Gasteiger partial charge >= 0.3 is 0 Å². The summed E-state index contributed by atoms with van der Waals surface area (Å²) in [5.41, 5.74) is 0.187. The van der Waals surface area contributed by atoms with Crippen LogP contribution in [0.4, 0.5) is 0 Å². The Kier molecular flexibility index (Phi) is 5.43. The van der Waals surface area contributed by atoms with Crippen LogP contribution in [0.5, 0.6) is 0 Å². The van der Waals surface area contributed by atoms with Gasteiger partial charge < -0.3 is 14.7 Å². The first kappa shape index (κ1) is 17.9. The topological polar surface area (TPSA) is 48.8 Å². The van der Waals surface area contributed by atoms with Crippen LogP contribution in [0.3, 0.4) is 0 Å². The molecule has 1 aromatic rings. The van der Waals surface area contributed by atoms with Crippen LogP contribution in [-0.4, -0.2) is 65.8 Å². The van der Waals surface area contributed by atoms with Crippen molar-refractivity contribution in [3.63, 3.8) is 0 Å². The van der Waals surface area contributed by atoms with Gasteiger partial charge in [-0.2, -0.15) is 0 Å². The van der Waals surface area contributed by atoms with Crippen LogP contribution in [0.2, 0.25) is 0 Å². The maximum atomic E-state index is 11.1. The van der Waals surface area contributed by atoms with Gasteiger partial charge in [-0.3, -0.25) is 4.90 Å². The first-order valence-electron chi connectivity index (χ1n) is 9.79. The SMILES string of the molecule is COCC1CCCN1Cc1nc(C2(O)CCN(CC3CC3)CC2)cs1. The highest BCUT2D eigenvalue weighted by atomic mass is 32.1. The maximum absolute atomic E-state index is 11.1. The number of methoxy groups -OCH3 is 1. The van der Waals surface area contributed by atoms with E-state index in [2.05, 4.69) is 15.2 Å². The van der Waals surface area contributed by atoms with Gasteiger partial charge in [0.05, 0.1) is 18.8 Å². The number of likely N-dealkylation sites (tertiary alicyclic amines) is 2. The monoisotopic (exact) mass is 365 g/mol. The molecule has 0 amide bonds. The fourth-order valence-corrected chi connectivity index (χ4v) is 5.19. The smallest absolute Gasteiger partial charge is 0.110 e. The third-order valence-electron chi connectivity index (χ3n) is 6.12. The van der Waals surface area contributed by atoms with Gasteiger partial charge in [0.25, 0.3) is 0 Å². The Bertz CT molecular complexity index is 567. The molecule has 0 aromatic carbocycles. The summed E-state index contributed by atoms with van der Waals surface area (Å²) in [5.74, 6) is 0.928. The second-order valence-corrected chi connectivity index (χ2v) is 9.07. The second-order valence-electron chi connectivity index (χ2n) is 8.12. The molecular formula is C19H31N3O2S. The summed E-state index contributed by atoms with van der Waals surface area (Å²) in [6.45, 7) is 6.06. The Balaban J connectivity index is 1.34. The number of nitrogens with zero attached hydrogens (tertiary/aromatic N) is 3. The first-order chi connectivity index (χ1) is 12.2. The average molecular weight is 366 g/mol. The van der Waals surface area contributed by atoms with Crippen LogP contribution < -0.4 is 0 Å². The maximum Gasteiger partial charge on any atom is 0.110 e. The zero-order valence-corrected chi connectivity index (χ0v) is 16.1. The summed E-state index contributed by atoms with van der Waals surface area (Å²) in [7, 11) is 1.78. The van der Waals surface area contributed by atoms with Crippen LogP contribution in [0.25, 0.3) is 0 Å². The number of hydrogen-bond donors (Lipinski definition) is 1. The summed E-state index contributed by atoms with van der Waals surface area (Å²) >= 11 is 1.70. The predicted octanol–water partition coefficient (Wildman–Crippen LogP) is 2.45. The number of thiazole rings is 1. The quantitative estimate of drug-likeness (QED) is 0.804. The van der Waals surface area contributed by atoms with Crippen LogP contribution in [0.15, 0.2) is 5.38 Å². The van der Waals surface area contributed by atoms with Crippen LogP contribution >= 0.6 is 11.3 Å². The molecule has 1 saturated carbocycles. The van der Waals surface area contributed by atoms with Gasteiger partial charge in [0.15, 0.2) is 0 Å². The van der Waals surface area contributed by atoms with E-state index < -0.39 is 5.60 Å². The molecule has 2 saturated heterocycles. The summed E-state index contributed by atoms with van der Waals surface area (Å²) in [4.78, 5) is 9.84. The van der Waals surface area contributed by atoms with E-state index >= 15 is 0 Å². The lowest BCUT2D eigenvalue weighted by Gasteiger charge is -2.37. The van der Waals surface area contributed by atoms with Gasteiger partial charge in [0.2, 0.25) is 0 Å². The van der Waals surface area contributed by atoms with E-state index in [1.807, 2.05) is 0 Å². The van der Waals surface area contributed by atoms with E-state index in [9.17, 15) is 5.11 Å². The Labute approximate surface area is 155 Å². The molecule has 3 aliphatic rings. The summed E-state index contributed by atoms with van der Waals surface area (Å²) in [5, 5.41) is 14.3. The normalized spacial score (nSPS) is 27.8. The molecular weight excluding hydrogens is 334 g/mol. The van der Waals surface area contributed by atoms with Crippen LogP contribution in [0.1, 0.15) is 49.2 Å². The molecule has 3 fully saturated rings. The average Bonchev–Trinajstić information content (AvgIpc) is 3.11. The lowest BCUT2D eigenvalue weighted by atomic mass is 9.88. The molecule has 0 spiro atoms. The Morgan fingerprint density at radius 3 is 2.80 bits per heavy atom. The Morgan fingerprint density at radius 1 is 1.28 bits per heavy atom. The first-order valence-corrected chi connectivity index (χ1v) is 10.7. The number of ether oxygens (including phenoxy) is 1. The highest BCUT2D eigenvalue weighted by Crippen LogP contribution is 2.36. The van der Waals surface area contributed by atoms with Gasteiger partial charge in [-0.05, 0) is 51.0 Å². The number of aromatic nitrogens is 1. The van der Waals surface area contributed by atoms with Gasteiger partial charge in [0, 0.05) is 38.2 Å². The summed E-state index contributed by atoms with van der Waals surface area (Å²) in [6, 6.07) is 0.520. The lowest BCUT2D eigenvalue weighted by Crippen LogP contribution is -2.43. The fourth-order valence-electron chi connectivity index (χ4n) is 4.28. The number of rotatable bonds is 7. The van der Waals surface area contributed by atoms with Gasteiger partial charge in [0.1, 0.15) is 10.6 Å². The van der Waals surface area contributed by atoms with Crippen molar-refractivity contribution in [1.82, 2.24) is 14.8 Å². The van der Waals surface area contributed by atoms with Crippen molar-refractivity contribution in [2.75, 3.05) is 39.9 Å². The van der Waals surface area contributed by atoms with Gasteiger partial charge in [-0.15, -0.1) is 11.3 Å². The lowest BCUT2D eigenvalue weighted by molar-refractivity contribution is -0.0298. The molecule has 6 heteroatoms. The molecule has 1 atom stereocenters. The van der Waals surface area contributed by atoms with Crippen LogP contribution in [0, 0.1) is 5.92 Å². The van der Waals surface area contributed by atoms with Crippen molar-refractivity contribution in [3.05, 3.63) is 16.1 Å². The molecule has 1 aliphatic carbocycles. The Hall–Kier alpha value is -0.530. The van der Waals surface area contributed by atoms with E-state index in [0.717, 1.165) is 62.2 Å². The van der Waals surface area contributed by atoms with Crippen molar-refractivity contribution in [2.24, 2.45) is 5.92 Å². The second kappa shape index (κ2) is 7.61. The minimum Gasteiger partial charge on any atom is -0.383 e. The molecule has 2 aliphatic heterocycles. The van der Waals surface area contributed by atoms with Crippen molar-refractivity contribution in [2.45, 2.75) is 56.7 Å². The van der Waals surface area contributed by atoms with E-state index in [-0.39, 0.29) is 0 Å². The third kappa shape index (κ3) is 4.25. The highest BCUT2D eigenvalue weighted by molar-refractivity contribution is 7.09. The van der Waals surface area contributed by atoms with Crippen molar-refractivity contribution < 1.29 is 9.84 Å². The zero-order valence-electron chi connectivity index (χ0n) is 15.3. The highest BCUT2D eigenvalue weighted by Gasteiger charge is 2.37. The number of hydrogen-bond acceptors (Lipinski definition) is 6. The molecule has 0 radical (unpaired) electrons. The molecule has 1 aromatic heterocycles. The van der Waals surface area contributed by atoms with Gasteiger partial charge in [-0.25, -0.2) is 4.98 Å². The molecule has 5 nitrogen and oxygen atoms in total. The number of aliphatic hydroxyl groups is 1. The molecule has 4 rings (SSSR count). The summed E-state index contributed by atoms with van der Waals surface area (Å²) < 4.78 is 5.35. The predicted molar refractivity (Wildman–Crippen MR) is 99.7 cm³/mol. The molecule has 1 unspecified atom stereocenters. The molecule has 3 heterocycles. The van der Waals surface area contributed by atoms with Crippen molar-refractivity contribution in [3.8, 4) is 0 Å². The van der Waals surface area contributed by atoms with E-state index in [1.54, 1.807) is 18.4 Å². The third-order valence-corrected chi connectivity index (χ3v) is 6.96. The molecule has 0 bridgehead atoms. The summed E-state index contributed by atoms with van der Waals surface area (Å²) in [6.07, 6.45) is 6.89. The molecule has 25 heavy (non-hydrogen) atoms. The minimum atomic E-state index is -0.717. The minimum absolute atomic E-state index is 0.520. The van der Waals surface area contributed by atoms with Crippen molar-refractivity contribution in [1.29, 1.82) is 0 Å². The van der Waals surface area contributed by atoms with Crippen LogP contribution in [-0.2, 0) is 16.9 Å². The largest absolute Gasteiger partial charge is 0.383 e. The van der Waals surface area contributed by atoms with Gasteiger partial charge in [-0.1, -0.05) is 0 Å².